The molecule has 3 saturated carbocycles. The number of fused-ring (bicyclic) bond motifs is 1. The standard InChI is InChI=1S/C29H36FN7O2/c30-22-16-31-13-12-23(22)35-29(39)25-17-32-28-24(33-20-10-11-20)15-27(36-37(25)28)34-21-8-6-18(7-9-21)14-26(38)19-4-2-1-3-5-19/h12-13,15-21,33H,1-11,14H2,(H,34,36)(H,31,35,39). The van der Waals surface area contributed by atoms with Crippen molar-refractivity contribution < 1.29 is 14.0 Å². The zero-order valence-electron chi connectivity index (χ0n) is 22.2. The highest BCUT2D eigenvalue weighted by Gasteiger charge is 2.28. The average Bonchev–Trinajstić information content (AvgIpc) is 3.66. The fourth-order valence-corrected chi connectivity index (χ4v) is 6.01. The maximum atomic E-state index is 14.1. The van der Waals surface area contributed by atoms with E-state index < -0.39 is 11.7 Å². The first-order valence-corrected chi connectivity index (χ1v) is 14.4. The maximum Gasteiger partial charge on any atom is 0.276 e. The molecule has 0 radical (unpaired) electrons. The lowest BCUT2D eigenvalue weighted by molar-refractivity contribution is -0.125. The molecule has 0 spiro atoms. The quantitative estimate of drug-likeness (QED) is 0.328. The SMILES string of the molecule is O=C(Nc1ccncc1F)c1cnc2c(NC3CC3)cc(NC3CCC(CC(=O)C4CCCCC4)CC3)nn12. The Balaban J connectivity index is 1.14. The Morgan fingerprint density at radius 3 is 2.41 bits per heavy atom. The van der Waals surface area contributed by atoms with Gasteiger partial charge in [-0.1, -0.05) is 19.3 Å². The van der Waals surface area contributed by atoms with Crippen molar-refractivity contribution in [1.29, 1.82) is 0 Å². The van der Waals surface area contributed by atoms with Crippen LogP contribution in [0.25, 0.3) is 5.65 Å². The minimum atomic E-state index is -0.609. The number of rotatable bonds is 9. The molecule has 0 atom stereocenters. The molecule has 10 heteroatoms. The first-order chi connectivity index (χ1) is 19.0. The first kappa shape index (κ1) is 25.7. The van der Waals surface area contributed by atoms with Crippen LogP contribution >= 0.6 is 0 Å². The van der Waals surface area contributed by atoms with Crippen molar-refractivity contribution in [3.63, 3.8) is 0 Å². The summed E-state index contributed by atoms with van der Waals surface area (Å²) < 4.78 is 15.6. The number of nitrogens with zero attached hydrogens (tertiary/aromatic N) is 4. The Bertz CT molecular complexity index is 1340. The molecular formula is C29H36FN7O2. The van der Waals surface area contributed by atoms with E-state index >= 15 is 0 Å². The molecule has 3 N–H and O–H groups in total. The van der Waals surface area contributed by atoms with Crippen molar-refractivity contribution in [3.05, 3.63) is 42.2 Å². The van der Waals surface area contributed by atoms with Gasteiger partial charge in [-0.3, -0.25) is 14.6 Å². The lowest BCUT2D eigenvalue weighted by Gasteiger charge is -2.30. The number of amides is 1. The van der Waals surface area contributed by atoms with Gasteiger partial charge in [0.1, 0.15) is 11.6 Å². The molecule has 9 nitrogen and oxygen atoms in total. The van der Waals surface area contributed by atoms with Gasteiger partial charge in [0.15, 0.2) is 17.2 Å². The molecule has 1 amide bonds. The monoisotopic (exact) mass is 533 g/mol. The van der Waals surface area contributed by atoms with Gasteiger partial charge in [-0.25, -0.2) is 13.9 Å². The minimum absolute atomic E-state index is 0.0503. The molecule has 0 unspecified atom stereocenters. The van der Waals surface area contributed by atoms with Gasteiger partial charge in [-0.15, -0.1) is 5.10 Å². The summed E-state index contributed by atoms with van der Waals surface area (Å²) in [5.41, 5.74) is 1.64. The third-order valence-electron chi connectivity index (χ3n) is 8.41. The molecule has 6 rings (SSSR count). The number of hydrogen-bond acceptors (Lipinski definition) is 7. The van der Waals surface area contributed by atoms with Gasteiger partial charge in [0, 0.05) is 36.7 Å². The highest BCUT2D eigenvalue weighted by molar-refractivity contribution is 6.03. The smallest absolute Gasteiger partial charge is 0.276 e. The summed E-state index contributed by atoms with van der Waals surface area (Å²) in [5, 5.41) is 14.4. The molecule has 3 fully saturated rings. The van der Waals surface area contributed by atoms with Crippen LogP contribution in [0.5, 0.6) is 0 Å². The molecule has 3 aromatic heterocycles. The number of nitrogens with one attached hydrogen (secondary N) is 3. The number of carbonyl (C=O) groups excluding carboxylic acids is 2. The van der Waals surface area contributed by atoms with Gasteiger partial charge in [0.25, 0.3) is 5.91 Å². The number of anilines is 3. The summed E-state index contributed by atoms with van der Waals surface area (Å²) in [4.78, 5) is 34.0. The molecule has 0 aliphatic heterocycles. The third kappa shape index (κ3) is 6.04. The number of Topliss-reactive ketones (excluding diaryl/α,β-unsaturated/α-hetero) is 1. The number of halogens is 1. The molecule has 3 heterocycles. The van der Waals surface area contributed by atoms with E-state index in [2.05, 4.69) is 25.9 Å². The van der Waals surface area contributed by atoms with Crippen molar-refractivity contribution in [2.45, 2.75) is 89.1 Å². The fraction of sp³-hybridized carbons (Fsp3) is 0.552. The molecule has 39 heavy (non-hydrogen) atoms. The predicted molar refractivity (Wildman–Crippen MR) is 147 cm³/mol. The van der Waals surface area contributed by atoms with E-state index in [1.165, 1.54) is 42.2 Å². The second-order valence-electron chi connectivity index (χ2n) is 11.4. The fourth-order valence-electron chi connectivity index (χ4n) is 6.01. The summed E-state index contributed by atoms with van der Waals surface area (Å²) in [6.07, 6.45) is 16.7. The van der Waals surface area contributed by atoms with Crippen molar-refractivity contribution >= 4 is 34.5 Å². The van der Waals surface area contributed by atoms with Gasteiger partial charge in [0.05, 0.1) is 23.8 Å². The molecule has 0 saturated heterocycles. The van der Waals surface area contributed by atoms with Crippen molar-refractivity contribution in [3.8, 4) is 0 Å². The summed E-state index contributed by atoms with van der Waals surface area (Å²) in [7, 11) is 0. The highest BCUT2D eigenvalue weighted by Crippen LogP contribution is 2.34. The van der Waals surface area contributed by atoms with E-state index in [1.54, 1.807) is 0 Å². The Morgan fingerprint density at radius 1 is 0.923 bits per heavy atom. The molecule has 206 valence electrons. The molecule has 3 aromatic rings. The first-order valence-electron chi connectivity index (χ1n) is 14.4. The van der Waals surface area contributed by atoms with Gasteiger partial charge >= 0.3 is 0 Å². The van der Waals surface area contributed by atoms with Gasteiger partial charge in [0.2, 0.25) is 0 Å². The number of hydrogen-bond donors (Lipinski definition) is 3. The van der Waals surface area contributed by atoms with Crippen molar-refractivity contribution in [1.82, 2.24) is 19.6 Å². The van der Waals surface area contributed by atoms with Crippen LogP contribution in [0.1, 0.15) is 87.5 Å². The van der Waals surface area contributed by atoms with E-state index in [-0.39, 0.29) is 17.4 Å². The topological polar surface area (TPSA) is 113 Å². The van der Waals surface area contributed by atoms with Crippen LogP contribution in [-0.2, 0) is 4.79 Å². The molecular weight excluding hydrogens is 497 g/mol. The maximum absolute atomic E-state index is 14.1. The number of ketones is 1. The van der Waals surface area contributed by atoms with Crippen LogP contribution in [0.4, 0.5) is 21.6 Å². The van der Waals surface area contributed by atoms with Gasteiger partial charge in [-0.05, 0) is 63.4 Å². The number of pyridine rings is 1. The Kier molecular flexibility index (Phi) is 7.43. The Labute approximate surface area is 227 Å². The lowest BCUT2D eigenvalue weighted by Crippen LogP contribution is -2.29. The minimum Gasteiger partial charge on any atom is -0.379 e. The molecule has 3 aliphatic rings. The third-order valence-corrected chi connectivity index (χ3v) is 8.41. The van der Waals surface area contributed by atoms with Crippen LogP contribution in [0.2, 0.25) is 0 Å². The second-order valence-corrected chi connectivity index (χ2v) is 11.4. The summed E-state index contributed by atoms with van der Waals surface area (Å²) in [5.74, 6) is 0.790. The number of imidazole rings is 1. The van der Waals surface area contributed by atoms with Crippen LogP contribution in [-0.4, -0.2) is 43.4 Å². The number of aromatic nitrogens is 4. The summed E-state index contributed by atoms with van der Waals surface area (Å²) >= 11 is 0. The lowest BCUT2D eigenvalue weighted by atomic mass is 9.78. The molecule has 0 bridgehead atoms. The Morgan fingerprint density at radius 2 is 1.67 bits per heavy atom. The van der Waals surface area contributed by atoms with E-state index in [9.17, 15) is 14.0 Å². The van der Waals surface area contributed by atoms with E-state index in [4.69, 9.17) is 5.10 Å². The predicted octanol–water partition coefficient (Wildman–Crippen LogP) is 5.60. The van der Waals surface area contributed by atoms with E-state index in [0.29, 0.717) is 35.1 Å². The van der Waals surface area contributed by atoms with Crippen LogP contribution in [0.3, 0.4) is 0 Å². The summed E-state index contributed by atoms with van der Waals surface area (Å²) in [6, 6.07) is 4.01. The van der Waals surface area contributed by atoms with E-state index in [0.717, 1.165) is 69.7 Å². The van der Waals surface area contributed by atoms with Gasteiger partial charge < -0.3 is 16.0 Å². The van der Waals surface area contributed by atoms with Crippen LogP contribution in [0.15, 0.2) is 30.7 Å². The van der Waals surface area contributed by atoms with Crippen LogP contribution in [0, 0.1) is 17.7 Å². The average molecular weight is 534 g/mol. The summed E-state index contributed by atoms with van der Waals surface area (Å²) in [6.45, 7) is 0. The highest BCUT2D eigenvalue weighted by atomic mass is 19.1. The van der Waals surface area contributed by atoms with Gasteiger partial charge in [-0.2, -0.15) is 0 Å². The Hall–Kier alpha value is -3.56. The zero-order chi connectivity index (χ0) is 26.8. The zero-order valence-corrected chi connectivity index (χ0v) is 22.2. The number of carbonyl (C=O) groups is 2. The normalized spacial score (nSPS) is 22.0. The van der Waals surface area contributed by atoms with Crippen LogP contribution < -0.4 is 16.0 Å². The molecule has 3 aliphatic carbocycles. The van der Waals surface area contributed by atoms with Crippen molar-refractivity contribution in [2.75, 3.05) is 16.0 Å². The van der Waals surface area contributed by atoms with Crippen molar-refractivity contribution in [2.24, 2.45) is 11.8 Å². The van der Waals surface area contributed by atoms with E-state index in [1.807, 2.05) is 6.07 Å². The molecule has 0 aromatic carbocycles. The largest absolute Gasteiger partial charge is 0.379 e. The second kappa shape index (κ2) is 11.3.